The number of aryl methyl sites for hydroxylation is 1. The van der Waals surface area contributed by atoms with E-state index < -0.39 is 0 Å². The van der Waals surface area contributed by atoms with E-state index in [1.807, 2.05) is 56.3 Å². The molecule has 0 saturated heterocycles. The van der Waals surface area contributed by atoms with Crippen molar-refractivity contribution in [3.05, 3.63) is 82.7 Å². The molecule has 4 nitrogen and oxygen atoms in total. The quantitative estimate of drug-likeness (QED) is 0.622. The van der Waals surface area contributed by atoms with Gasteiger partial charge in [-0.25, -0.2) is 4.68 Å². The standard InChI is InChI=1S/C23H26N2O2/c1-16(2)14-22-17(3)24-25(18(22)4)23(26)20-10-12-21(13-11-20)27-15-19-8-6-5-7-9-19/h5-13,16H,14-15H2,1-4H3. The molecule has 0 aliphatic carbocycles. The van der Waals surface area contributed by atoms with Crippen LogP contribution < -0.4 is 4.74 Å². The van der Waals surface area contributed by atoms with Crippen LogP contribution in [0.5, 0.6) is 5.75 Å². The molecule has 0 fully saturated rings. The molecule has 1 heterocycles. The first kappa shape index (κ1) is 18.9. The Morgan fingerprint density at radius 1 is 1.04 bits per heavy atom. The molecule has 2 aromatic carbocycles. The van der Waals surface area contributed by atoms with Gasteiger partial charge in [-0.3, -0.25) is 4.79 Å². The maximum Gasteiger partial charge on any atom is 0.278 e. The van der Waals surface area contributed by atoms with Gasteiger partial charge in [0, 0.05) is 11.3 Å². The Bertz CT molecular complexity index is 910. The highest BCUT2D eigenvalue weighted by molar-refractivity contribution is 5.96. The van der Waals surface area contributed by atoms with Crippen LogP contribution in [0.1, 0.15) is 46.7 Å². The van der Waals surface area contributed by atoms with Gasteiger partial charge in [0.15, 0.2) is 0 Å². The van der Waals surface area contributed by atoms with E-state index in [1.165, 1.54) is 10.2 Å². The van der Waals surface area contributed by atoms with Crippen LogP contribution in [-0.2, 0) is 13.0 Å². The number of rotatable bonds is 6. The van der Waals surface area contributed by atoms with Crippen molar-refractivity contribution in [2.24, 2.45) is 5.92 Å². The van der Waals surface area contributed by atoms with E-state index in [4.69, 9.17) is 4.74 Å². The van der Waals surface area contributed by atoms with Gasteiger partial charge in [-0.2, -0.15) is 5.10 Å². The Labute approximate surface area is 160 Å². The van der Waals surface area contributed by atoms with Crippen LogP contribution in [-0.4, -0.2) is 15.7 Å². The Kier molecular flexibility index (Phi) is 5.75. The Morgan fingerprint density at radius 3 is 2.33 bits per heavy atom. The lowest BCUT2D eigenvalue weighted by molar-refractivity contribution is 0.0942. The number of hydrogen-bond acceptors (Lipinski definition) is 3. The molecule has 0 amide bonds. The minimum Gasteiger partial charge on any atom is -0.489 e. The molecule has 4 heteroatoms. The molecule has 27 heavy (non-hydrogen) atoms. The molecule has 0 spiro atoms. The number of aromatic nitrogens is 2. The monoisotopic (exact) mass is 362 g/mol. The minimum atomic E-state index is -0.111. The number of ether oxygens (including phenoxy) is 1. The second-order valence-electron chi connectivity index (χ2n) is 7.26. The lowest BCUT2D eigenvalue weighted by Crippen LogP contribution is -2.15. The topological polar surface area (TPSA) is 44.1 Å². The summed E-state index contributed by atoms with van der Waals surface area (Å²) in [5.41, 5.74) is 4.73. The maximum atomic E-state index is 12.9. The fraction of sp³-hybridized carbons (Fsp3) is 0.304. The zero-order chi connectivity index (χ0) is 19.4. The predicted octanol–water partition coefficient (Wildman–Crippen LogP) is 4.97. The van der Waals surface area contributed by atoms with E-state index >= 15 is 0 Å². The van der Waals surface area contributed by atoms with Crippen molar-refractivity contribution in [2.45, 2.75) is 40.7 Å². The number of hydrogen-bond donors (Lipinski definition) is 0. The first-order valence-corrected chi connectivity index (χ1v) is 9.32. The van der Waals surface area contributed by atoms with Crippen LogP contribution in [0, 0.1) is 19.8 Å². The molecule has 3 aromatic rings. The van der Waals surface area contributed by atoms with E-state index in [0.717, 1.165) is 29.1 Å². The molecule has 0 aliphatic heterocycles. The van der Waals surface area contributed by atoms with Gasteiger partial charge in [0.25, 0.3) is 5.91 Å². The molecular formula is C23H26N2O2. The van der Waals surface area contributed by atoms with Crippen LogP contribution in [0.15, 0.2) is 54.6 Å². The lowest BCUT2D eigenvalue weighted by Gasteiger charge is -2.08. The van der Waals surface area contributed by atoms with Crippen molar-refractivity contribution in [1.29, 1.82) is 0 Å². The van der Waals surface area contributed by atoms with Gasteiger partial charge in [0.2, 0.25) is 0 Å². The van der Waals surface area contributed by atoms with Gasteiger partial charge in [-0.1, -0.05) is 44.2 Å². The summed E-state index contributed by atoms with van der Waals surface area (Å²) in [6, 6.07) is 17.3. The average Bonchev–Trinajstić information content (AvgIpc) is 2.95. The summed E-state index contributed by atoms with van der Waals surface area (Å²) in [6.07, 6.45) is 0.928. The van der Waals surface area contributed by atoms with Gasteiger partial charge in [-0.15, -0.1) is 0 Å². The fourth-order valence-corrected chi connectivity index (χ4v) is 3.13. The first-order chi connectivity index (χ1) is 13.0. The highest BCUT2D eigenvalue weighted by Gasteiger charge is 2.18. The number of carbonyl (C=O) groups excluding carboxylic acids is 1. The van der Waals surface area contributed by atoms with Crippen LogP contribution in [0.25, 0.3) is 0 Å². The summed E-state index contributed by atoms with van der Waals surface area (Å²) in [4.78, 5) is 12.9. The maximum absolute atomic E-state index is 12.9. The Morgan fingerprint density at radius 2 is 1.70 bits per heavy atom. The Hall–Kier alpha value is -2.88. The van der Waals surface area contributed by atoms with E-state index in [0.29, 0.717) is 18.1 Å². The van der Waals surface area contributed by atoms with E-state index in [-0.39, 0.29) is 5.91 Å². The van der Waals surface area contributed by atoms with Crippen LogP contribution in [0.4, 0.5) is 0 Å². The molecule has 0 bridgehead atoms. The SMILES string of the molecule is Cc1nn(C(=O)c2ccc(OCc3ccccc3)cc2)c(C)c1CC(C)C. The summed E-state index contributed by atoms with van der Waals surface area (Å²) < 4.78 is 7.31. The van der Waals surface area contributed by atoms with Crippen molar-refractivity contribution in [3.63, 3.8) is 0 Å². The number of benzene rings is 2. The molecule has 0 N–H and O–H groups in total. The smallest absolute Gasteiger partial charge is 0.278 e. The van der Waals surface area contributed by atoms with E-state index in [9.17, 15) is 4.79 Å². The molecule has 0 radical (unpaired) electrons. The third-order valence-electron chi connectivity index (χ3n) is 4.60. The first-order valence-electron chi connectivity index (χ1n) is 9.32. The van der Waals surface area contributed by atoms with Gasteiger partial charge in [-0.05, 0) is 61.6 Å². The van der Waals surface area contributed by atoms with Crippen molar-refractivity contribution in [1.82, 2.24) is 9.78 Å². The summed E-state index contributed by atoms with van der Waals surface area (Å²) in [5, 5.41) is 4.47. The van der Waals surface area contributed by atoms with Crippen molar-refractivity contribution >= 4 is 5.91 Å². The predicted molar refractivity (Wildman–Crippen MR) is 107 cm³/mol. The van der Waals surface area contributed by atoms with Crippen LogP contribution >= 0.6 is 0 Å². The van der Waals surface area contributed by atoms with Gasteiger partial charge in [0.1, 0.15) is 12.4 Å². The highest BCUT2D eigenvalue weighted by atomic mass is 16.5. The van der Waals surface area contributed by atoms with Crippen molar-refractivity contribution in [2.75, 3.05) is 0 Å². The second-order valence-corrected chi connectivity index (χ2v) is 7.26. The molecule has 0 unspecified atom stereocenters. The molecule has 0 aliphatic rings. The lowest BCUT2D eigenvalue weighted by atomic mass is 10.0. The normalized spacial score (nSPS) is 11.0. The number of carbonyl (C=O) groups is 1. The molecular weight excluding hydrogens is 336 g/mol. The van der Waals surface area contributed by atoms with E-state index in [2.05, 4.69) is 18.9 Å². The third kappa shape index (κ3) is 4.45. The van der Waals surface area contributed by atoms with E-state index in [1.54, 1.807) is 12.1 Å². The summed E-state index contributed by atoms with van der Waals surface area (Å²) in [6.45, 7) is 8.78. The zero-order valence-electron chi connectivity index (χ0n) is 16.4. The minimum absolute atomic E-state index is 0.111. The van der Waals surface area contributed by atoms with Gasteiger partial charge >= 0.3 is 0 Å². The highest BCUT2D eigenvalue weighted by Crippen LogP contribution is 2.20. The third-order valence-corrected chi connectivity index (χ3v) is 4.60. The Balaban J connectivity index is 1.72. The second kappa shape index (κ2) is 8.21. The van der Waals surface area contributed by atoms with Crippen LogP contribution in [0.3, 0.4) is 0 Å². The molecule has 0 saturated carbocycles. The molecule has 0 atom stereocenters. The van der Waals surface area contributed by atoms with Gasteiger partial charge in [0.05, 0.1) is 5.69 Å². The summed E-state index contributed by atoms with van der Waals surface area (Å²) in [7, 11) is 0. The molecule has 140 valence electrons. The largest absolute Gasteiger partial charge is 0.489 e. The van der Waals surface area contributed by atoms with Crippen molar-refractivity contribution in [3.8, 4) is 5.75 Å². The zero-order valence-corrected chi connectivity index (χ0v) is 16.4. The van der Waals surface area contributed by atoms with Crippen LogP contribution in [0.2, 0.25) is 0 Å². The molecule has 1 aromatic heterocycles. The summed E-state index contributed by atoms with van der Waals surface area (Å²) in [5.74, 6) is 1.15. The number of nitrogens with zero attached hydrogens (tertiary/aromatic N) is 2. The van der Waals surface area contributed by atoms with Gasteiger partial charge < -0.3 is 4.74 Å². The van der Waals surface area contributed by atoms with Crippen molar-refractivity contribution < 1.29 is 9.53 Å². The summed E-state index contributed by atoms with van der Waals surface area (Å²) >= 11 is 0. The average molecular weight is 362 g/mol. The fourth-order valence-electron chi connectivity index (χ4n) is 3.13. The molecule has 3 rings (SSSR count).